The van der Waals surface area contributed by atoms with Gasteiger partial charge in [-0.2, -0.15) is 0 Å². The zero-order valence-electron chi connectivity index (χ0n) is 13.8. The van der Waals surface area contributed by atoms with Crippen molar-refractivity contribution < 1.29 is 9.84 Å². The highest BCUT2D eigenvalue weighted by Crippen LogP contribution is 2.32. The molecule has 0 aliphatic carbocycles. The maximum atomic E-state index is 9.50. The summed E-state index contributed by atoms with van der Waals surface area (Å²) >= 11 is 0. The minimum atomic E-state index is 0.171. The van der Waals surface area contributed by atoms with E-state index in [-0.39, 0.29) is 18.6 Å². The van der Waals surface area contributed by atoms with Crippen molar-refractivity contribution >= 4 is 0 Å². The van der Waals surface area contributed by atoms with E-state index in [1.807, 2.05) is 50.5 Å². The van der Waals surface area contributed by atoms with Gasteiger partial charge in [0.05, 0.1) is 0 Å². The van der Waals surface area contributed by atoms with E-state index in [1.165, 1.54) is 11.1 Å². The minimum absolute atomic E-state index is 0.171. The van der Waals surface area contributed by atoms with Gasteiger partial charge in [0, 0.05) is 12.6 Å². The zero-order valence-corrected chi connectivity index (χ0v) is 13.8. The first-order valence-corrected chi connectivity index (χ1v) is 7.63. The second kappa shape index (κ2) is 7.43. The molecule has 0 saturated heterocycles. The highest BCUT2D eigenvalue weighted by atomic mass is 16.5. The fourth-order valence-electron chi connectivity index (χ4n) is 2.86. The van der Waals surface area contributed by atoms with Crippen molar-refractivity contribution in [2.75, 3.05) is 20.7 Å². The minimum Gasteiger partial charge on any atom is -0.457 e. The zero-order chi connectivity index (χ0) is 16.1. The first-order valence-electron chi connectivity index (χ1n) is 7.63. The molecule has 0 heterocycles. The quantitative estimate of drug-likeness (QED) is 0.874. The summed E-state index contributed by atoms with van der Waals surface area (Å²) < 4.78 is 5.88. The number of para-hydroxylation sites is 1. The molecule has 3 heteroatoms. The van der Waals surface area contributed by atoms with Crippen LogP contribution in [0.3, 0.4) is 0 Å². The van der Waals surface area contributed by atoms with Gasteiger partial charge in [0.1, 0.15) is 11.5 Å². The molecule has 22 heavy (non-hydrogen) atoms. The molecule has 0 spiro atoms. The van der Waals surface area contributed by atoms with E-state index in [4.69, 9.17) is 4.74 Å². The van der Waals surface area contributed by atoms with Crippen molar-refractivity contribution in [3.8, 4) is 11.5 Å². The topological polar surface area (TPSA) is 32.7 Å². The lowest BCUT2D eigenvalue weighted by Crippen LogP contribution is -2.28. The van der Waals surface area contributed by atoms with Crippen molar-refractivity contribution in [1.29, 1.82) is 0 Å². The van der Waals surface area contributed by atoms with E-state index in [1.54, 1.807) is 0 Å². The van der Waals surface area contributed by atoms with Gasteiger partial charge in [-0.1, -0.05) is 31.2 Å². The largest absolute Gasteiger partial charge is 0.457 e. The van der Waals surface area contributed by atoms with E-state index in [9.17, 15) is 5.11 Å². The average Bonchev–Trinajstić information content (AvgIpc) is 2.50. The molecule has 0 aliphatic rings. The number of aliphatic hydroxyl groups is 1. The van der Waals surface area contributed by atoms with Crippen LogP contribution in [0.1, 0.15) is 24.1 Å². The van der Waals surface area contributed by atoms with Gasteiger partial charge >= 0.3 is 0 Å². The number of rotatable bonds is 6. The first kappa shape index (κ1) is 16.5. The molecule has 0 radical (unpaired) electrons. The molecule has 2 unspecified atom stereocenters. The molecule has 2 rings (SSSR count). The van der Waals surface area contributed by atoms with Crippen molar-refractivity contribution in [1.82, 2.24) is 4.90 Å². The number of aryl methyl sites for hydroxylation is 1. The Morgan fingerprint density at radius 1 is 1.05 bits per heavy atom. The predicted molar refractivity (Wildman–Crippen MR) is 90.4 cm³/mol. The first-order chi connectivity index (χ1) is 10.5. The third-order valence-corrected chi connectivity index (χ3v) is 3.92. The molecule has 0 bridgehead atoms. The van der Waals surface area contributed by atoms with Crippen LogP contribution in [0.2, 0.25) is 0 Å². The van der Waals surface area contributed by atoms with Crippen LogP contribution >= 0.6 is 0 Å². The second-order valence-electron chi connectivity index (χ2n) is 6.00. The summed E-state index contributed by atoms with van der Waals surface area (Å²) in [5.41, 5.74) is 2.40. The fourth-order valence-corrected chi connectivity index (χ4v) is 2.86. The van der Waals surface area contributed by atoms with Crippen LogP contribution in [0.5, 0.6) is 11.5 Å². The van der Waals surface area contributed by atoms with E-state index in [0.29, 0.717) is 0 Å². The smallest absolute Gasteiger partial charge is 0.127 e. The van der Waals surface area contributed by atoms with Crippen LogP contribution in [0.4, 0.5) is 0 Å². The third-order valence-electron chi connectivity index (χ3n) is 3.92. The fraction of sp³-hybridized carbons (Fsp3) is 0.368. The standard InChI is InChI=1S/C19H25NO2/c1-14-12-17(22-16-8-6-5-7-9-16)10-11-18(14)19(20(3)4)15(2)13-21/h5-12,15,19,21H,13H2,1-4H3. The van der Waals surface area contributed by atoms with E-state index in [2.05, 4.69) is 30.9 Å². The molecule has 0 aromatic heterocycles. The van der Waals surface area contributed by atoms with Crippen LogP contribution < -0.4 is 4.74 Å². The van der Waals surface area contributed by atoms with Crippen LogP contribution in [0, 0.1) is 12.8 Å². The molecule has 1 N–H and O–H groups in total. The molecule has 0 saturated carbocycles. The van der Waals surface area contributed by atoms with Gasteiger partial charge in [-0.3, -0.25) is 0 Å². The predicted octanol–water partition coefficient (Wildman–Crippen LogP) is 4.02. The number of ether oxygens (including phenoxy) is 1. The Labute approximate surface area is 133 Å². The number of hydrogen-bond donors (Lipinski definition) is 1. The lowest BCUT2D eigenvalue weighted by Gasteiger charge is -2.31. The Morgan fingerprint density at radius 3 is 2.27 bits per heavy atom. The van der Waals surface area contributed by atoms with E-state index < -0.39 is 0 Å². The number of aliphatic hydroxyl groups excluding tert-OH is 1. The highest BCUT2D eigenvalue weighted by Gasteiger charge is 2.22. The van der Waals surface area contributed by atoms with Crippen molar-refractivity contribution in [3.63, 3.8) is 0 Å². The van der Waals surface area contributed by atoms with E-state index in [0.717, 1.165) is 11.5 Å². The Kier molecular flexibility index (Phi) is 5.58. The number of benzene rings is 2. The van der Waals surface area contributed by atoms with Crippen molar-refractivity contribution in [2.45, 2.75) is 19.9 Å². The van der Waals surface area contributed by atoms with Crippen LogP contribution in [-0.2, 0) is 0 Å². The van der Waals surface area contributed by atoms with Crippen molar-refractivity contribution in [2.24, 2.45) is 5.92 Å². The van der Waals surface area contributed by atoms with Gasteiger partial charge in [0.15, 0.2) is 0 Å². The molecular weight excluding hydrogens is 274 g/mol. The summed E-state index contributed by atoms with van der Waals surface area (Å²) in [7, 11) is 4.09. The summed E-state index contributed by atoms with van der Waals surface area (Å²) in [4.78, 5) is 2.15. The Morgan fingerprint density at radius 2 is 1.73 bits per heavy atom. The SMILES string of the molecule is Cc1cc(Oc2ccccc2)ccc1C(C(C)CO)N(C)C. The molecular formula is C19H25NO2. The monoisotopic (exact) mass is 299 g/mol. The maximum absolute atomic E-state index is 9.50. The molecule has 0 aliphatic heterocycles. The highest BCUT2D eigenvalue weighted by molar-refractivity contribution is 5.39. The molecule has 2 aromatic rings. The van der Waals surface area contributed by atoms with Crippen molar-refractivity contribution in [3.05, 3.63) is 59.7 Å². The molecule has 0 amide bonds. The lowest BCUT2D eigenvalue weighted by atomic mass is 9.91. The Hall–Kier alpha value is -1.84. The van der Waals surface area contributed by atoms with Crippen LogP contribution in [-0.4, -0.2) is 30.7 Å². The third kappa shape index (κ3) is 3.87. The van der Waals surface area contributed by atoms with Gasteiger partial charge in [0.2, 0.25) is 0 Å². The summed E-state index contributed by atoms with van der Waals surface area (Å²) in [5, 5.41) is 9.50. The Balaban J connectivity index is 2.25. The summed E-state index contributed by atoms with van der Waals surface area (Å²) in [6.45, 7) is 4.33. The summed E-state index contributed by atoms with van der Waals surface area (Å²) in [6, 6.07) is 16.1. The molecule has 0 fully saturated rings. The molecule has 2 atom stereocenters. The van der Waals surface area contributed by atoms with Gasteiger partial charge in [-0.15, -0.1) is 0 Å². The van der Waals surface area contributed by atoms with Gasteiger partial charge in [-0.25, -0.2) is 0 Å². The lowest BCUT2D eigenvalue weighted by molar-refractivity contribution is 0.145. The van der Waals surface area contributed by atoms with Crippen LogP contribution in [0.15, 0.2) is 48.5 Å². The maximum Gasteiger partial charge on any atom is 0.127 e. The normalized spacial score (nSPS) is 13.9. The molecule has 3 nitrogen and oxygen atoms in total. The van der Waals surface area contributed by atoms with Gasteiger partial charge in [0.25, 0.3) is 0 Å². The molecule has 118 valence electrons. The summed E-state index contributed by atoms with van der Waals surface area (Å²) in [6.07, 6.45) is 0. The van der Waals surface area contributed by atoms with Gasteiger partial charge in [-0.05, 0) is 62.3 Å². The number of nitrogens with zero attached hydrogens (tertiary/aromatic N) is 1. The average molecular weight is 299 g/mol. The summed E-state index contributed by atoms with van der Waals surface area (Å²) in [5.74, 6) is 1.85. The van der Waals surface area contributed by atoms with Crippen LogP contribution in [0.25, 0.3) is 0 Å². The second-order valence-corrected chi connectivity index (χ2v) is 6.00. The number of hydrogen-bond acceptors (Lipinski definition) is 3. The van der Waals surface area contributed by atoms with Gasteiger partial charge < -0.3 is 14.7 Å². The molecule has 2 aromatic carbocycles. The van der Waals surface area contributed by atoms with E-state index >= 15 is 0 Å². The Bertz CT molecular complexity index is 596.